The molecule has 0 aliphatic carbocycles. The van der Waals surface area contributed by atoms with E-state index in [0.29, 0.717) is 5.92 Å². The van der Waals surface area contributed by atoms with Crippen LogP contribution in [0.1, 0.15) is 54.9 Å². The fraction of sp³-hybridized carbons (Fsp3) is 0.333. The molecule has 0 saturated carbocycles. The van der Waals surface area contributed by atoms with Crippen LogP contribution in [0, 0.1) is 6.92 Å². The van der Waals surface area contributed by atoms with Crippen molar-refractivity contribution >= 4 is 10.8 Å². The molecular formula is C24H28O. The Hall–Kier alpha value is -2.12. The minimum atomic E-state index is 0.194. The number of benzene rings is 3. The topological polar surface area (TPSA) is 9.23 Å². The van der Waals surface area contributed by atoms with E-state index in [1.54, 1.807) is 0 Å². The van der Waals surface area contributed by atoms with E-state index in [0.717, 1.165) is 12.8 Å². The molecule has 0 spiro atoms. The van der Waals surface area contributed by atoms with Crippen LogP contribution in [0.2, 0.25) is 0 Å². The Morgan fingerprint density at radius 3 is 2.44 bits per heavy atom. The molecule has 0 fully saturated rings. The maximum Gasteiger partial charge on any atom is 0.0821 e. The van der Waals surface area contributed by atoms with Gasteiger partial charge in [0, 0.05) is 7.11 Å². The fourth-order valence-corrected chi connectivity index (χ4v) is 3.74. The quantitative estimate of drug-likeness (QED) is 0.462. The summed E-state index contributed by atoms with van der Waals surface area (Å²) in [5.41, 5.74) is 4.05. The first kappa shape index (κ1) is 17.7. The average Bonchev–Trinajstić information content (AvgIpc) is 2.64. The molecule has 0 heterocycles. The van der Waals surface area contributed by atoms with Crippen molar-refractivity contribution in [2.75, 3.05) is 7.11 Å². The third kappa shape index (κ3) is 4.29. The average molecular weight is 332 g/mol. The van der Waals surface area contributed by atoms with E-state index in [4.69, 9.17) is 4.74 Å². The molecule has 0 amide bonds. The minimum Gasteiger partial charge on any atom is -0.377 e. The monoisotopic (exact) mass is 332 g/mol. The van der Waals surface area contributed by atoms with Crippen LogP contribution in [-0.2, 0) is 4.74 Å². The normalized spacial score (nSPS) is 13.7. The molecule has 2 atom stereocenters. The zero-order chi connectivity index (χ0) is 17.6. The van der Waals surface area contributed by atoms with Gasteiger partial charge in [0.1, 0.15) is 0 Å². The largest absolute Gasteiger partial charge is 0.377 e. The third-order valence-corrected chi connectivity index (χ3v) is 5.16. The lowest BCUT2D eigenvalue weighted by atomic mass is 9.90. The van der Waals surface area contributed by atoms with Crippen LogP contribution in [-0.4, -0.2) is 7.11 Å². The first-order chi connectivity index (χ1) is 12.2. The summed E-state index contributed by atoms with van der Waals surface area (Å²) in [6.07, 6.45) is 3.60. The Balaban J connectivity index is 1.64. The number of methoxy groups -OCH3 is 1. The van der Waals surface area contributed by atoms with Crippen molar-refractivity contribution < 1.29 is 4.74 Å². The van der Waals surface area contributed by atoms with Gasteiger partial charge >= 0.3 is 0 Å². The molecule has 0 radical (unpaired) electrons. The van der Waals surface area contributed by atoms with Gasteiger partial charge in [-0.05, 0) is 54.0 Å². The number of hydrogen-bond donors (Lipinski definition) is 0. The molecule has 3 aromatic rings. The van der Waals surface area contributed by atoms with Crippen molar-refractivity contribution in [3.8, 4) is 0 Å². The summed E-state index contributed by atoms with van der Waals surface area (Å²) in [4.78, 5) is 0. The SMILES string of the molecule is COC(CCC[C@H](C)c1cccc2ccccc12)c1cccc(C)c1. The highest BCUT2D eigenvalue weighted by atomic mass is 16.5. The molecule has 0 saturated heterocycles. The number of rotatable bonds is 7. The van der Waals surface area contributed by atoms with Gasteiger partial charge in [-0.2, -0.15) is 0 Å². The Labute approximate surface area is 151 Å². The Kier molecular flexibility index (Phi) is 5.88. The van der Waals surface area contributed by atoms with Crippen molar-refractivity contribution in [3.63, 3.8) is 0 Å². The number of fused-ring (bicyclic) bond motifs is 1. The molecule has 1 nitrogen and oxygen atoms in total. The molecule has 0 bridgehead atoms. The molecule has 1 heteroatoms. The summed E-state index contributed by atoms with van der Waals surface area (Å²) < 4.78 is 5.75. The van der Waals surface area contributed by atoms with Crippen LogP contribution < -0.4 is 0 Å². The number of hydrogen-bond acceptors (Lipinski definition) is 1. The predicted molar refractivity (Wildman–Crippen MR) is 107 cm³/mol. The molecule has 1 unspecified atom stereocenters. The lowest BCUT2D eigenvalue weighted by molar-refractivity contribution is 0.0928. The van der Waals surface area contributed by atoms with Gasteiger partial charge in [-0.15, -0.1) is 0 Å². The highest BCUT2D eigenvalue weighted by molar-refractivity contribution is 5.86. The lowest BCUT2D eigenvalue weighted by Gasteiger charge is -2.19. The molecule has 130 valence electrons. The second kappa shape index (κ2) is 8.31. The van der Waals surface area contributed by atoms with Crippen LogP contribution in [0.15, 0.2) is 66.7 Å². The van der Waals surface area contributed by atoms with E-state index in [1.165, 1.54) is 33.9 Å². The van der Waals surface area contributed by atoms with Crippen molar-refractivity contribution in [1.29, 1.82) is 0 Å². The summed E-state index contributed by atoms with van der Waals surface area (Å²) in [7, 11) is 1.82. The van der Waals surface area contributed by atoms with Gasteiger partial charge in [0.2, 0.25) is 0 Å². The number of ether oxygens (including phenoxy) is 1. The zero-order valence-electron chi connectivity index (χ0n) is 15.5. The van der Waals surface area contributed by atoms with Gasteiger partial charge in [0.05, 0.1) is 6.10 Å². The lowest BCUT2D eigenvalue weighted by Crippen LogP contribution is -2.03. The number of aryl methyl sites for hydroxylation is 1. The van der Waals surface area contributed by atoms with E-state index >= 15 is 0 Å². The standard InChI is InChI=1S/C24H28O/c1-18-9-6-13-21(17-18)24(25-3)16-7-10-19(2)22-15-8-12-20-11-4-5-14-23(20)22/h4-6,8-9,11-15,17,19,24H,7,10,16H2,1-3H3/t19-,24?/m0/s1. The first-order valence-corrected chi connectivity index (χ1v) is 9.26. The van der Waals surface area contributed by atoms with E-state index in [-0.39, 0.29) is 6.10 Å². The van der Waals surface area contributed by atoms with Crippen LogP contribution >= 0.6 is 0 Å². The van der Waals surface area contributed by atoms with Gasteiger partial charge < -0.3 is 4.74 Å². The Bertz CT molecular complexity index is 816. The van der Waals surface area contributed by atoms with Crippen molar-refractivity contribution in [2.24, 2.45) is 0 Å². The van der Waals surface area contributed by atoms with Gasteiger partial charge in [-0.3, -0.25) is 0 Å². The fourth-order valence-electron chi connectivity index (χ4n) is 3.74. The molecule has 0 aliphatic heterocycles. The summed E-state index contributed by atoms with van der Waals surface area (Å²) >= 11 is 0. The molecule has 0 N–H and O–H groups in total. The summed E-state index contributed by atoms with van der Waals surface area (Å²) in [5.74, 6) is 0.557. The smallest absolute Gasteiger partial charge is 0.0821 e. The molecule has 0 aliphatic rings. The van der Waals surface area contributed by atoms with Gasteiger partial charge in [-0.1, -0.05) is 79.2 Å². The first-order valence-electron chi connectivity index (χ1n) is 9.26. The second-order valence-electron chi connectivity index (χ2n) is 7.04. The summed E-state index contributed by atoms with van der Waals surface area (Å²) in [6, 6.07) is 24.0. The molecule has 3 aromatic carbocycles. The van der Waals surface area contributed by atoms with Crippen LogP contribution in [0.4, 0.5) is 0 Å². The molecule has 3 rings (SSSR count). The van der Waals surface area contributed by atoms with E-state index in [1.807, 2.05) is 7.11 Å². The van der Waals surface area contributed by atoms with Gasteiger partial charge in [0.25, 0.3) is 0 Å². The Morgan fingerprint density at radius 1 is 0.880 bits per heavy atom. The maximum atomic E-state index is 5.75. The maximum absolute atomic E-state index is 5.75. The van der Waals surface area contributed by atoms with Gasteiger partial charge in [0.15, 0.2) is 0 Å². The van der Waals surface area contributed by atoms with E-state index in [9.17, 15) is 0 Å². The minimum absolute atomic E-state index is 0.194. The second-order valence-corrected chi connectivity index (χ2v) is 7.04. The molecular weight excluding hydrogens is 304 g/mol. The van der Waals surface area contributed by atoms with Crippen LogP contribution in [0.25, 0.3) is 10.8 Å². The zero-order valence-corrected chi connectivity index (χ0v) is 15.5. The summed E-state index contributed by atoms with van der Waals surface area (Å²) in [6.45, 7) is 4.48. The van der Waals surface area contributed by atoms with E-state index < -0.39 is 0 Å². The van der Waals surface area contributed by atoms with Crippen LogP contribution in [0.5, 0.6) is 0 Å². The Morgan fingerprint density at radius 2 is 1.64 bits per heavy atom. The predicted octanol–water partition coefficient (Wildman–Crippen LogP) is 6.81. The van der Waals surface area contributed by atoms with Crippen molar-refractivity contribution in [2.45, 2.75) is 45.1 Å². The third-order valence-electron chi connectivity index (χ3n) is 5.16. The van der Waals surface area contributed by atoms with Crippen molar-refractivity contribution in [1.82, 2.24) is 0 Å². The van der Waals surface area contributed by atoms with Crippen LogP contribution in [0.3, 0.4) is 0 Å². The van der Waals surface area contributed by atoms with E-state index in [2.05, 4.69) is 80.6 Å². The summed E-state index contributed by atoms with van der Waals surface area (Å²) in [5, 5.41) is 2.72. The molecule has 0 aromatic heterocycles. The molecule has 25 heavy (non-hydrogen) atoms. The highest BCUT2D eigenvalue weighted by Crippen LogP contribution is 2.31. The van der Waals surface area contributed by atoms with Crippen molar-refractivity contribution in [3.05, 3.63) is 83.4 Å². The van der Waals surface area contributed by atoms with Gasteiger partial charge in [-0.25, -0.2) is 0 Å². The highest BCUT2D eigenvalue weighted by Gasteiger charge is 2.13.